The molecule has 4 unspecified atom stereocenters. The molecule has 0 aliphatic rings. The molecular formula is C59H96B4N4O8. The lowest BCUT2D eigenvalue weighted by atomic mass is 9.79. The molecule has 4 heterocycles. The van der Waals surface area contributed by atoms with Gasteiger partial charge in [-0.1, -0.05) is 199 Å². The van der Waals surface area contributed by atoms with Crippen molar-refractivity contribution in [3.8, 4) is 0 Å². The first kappa shape index (κ1) is 64.1. The maximum atomic E-state index is 9.86. The van der Waals surface area contributed by atoms with Crippen molar-refractivity contribution in [1.29, 1.82) is 0 Å². The average molecular weight is 1030 g/mol. The Kier molecular flexibility index (Phi) is 33.3. The van der Waals surface area contributed by atoms with Crippen molar-refractivity contribution in [3.05, 3.63) is 96.1 Å². The number of pyridine rings is 4. The zero-order valence-electron chi connectivity index (χ0n) is 46.2. The van der Waals surface area contributed by atoms with Gasteiger partial charge in [-0.2, -0.15) is 0 Å². The molecule has 12 nitrogen and oxygen atoms in total. The summed E-state index contributed by atoms with van der Waals surface area (Å²) < 4.78 is 0. The van der Waals surface area contributed by atoms with Gasteiger partial charge < -0.3 is 40.2 Å². The Balaban J connectivity index is 1.05. The molecule has 16 heteroatoms. The Morgan fingerprint density at radius 3 is 0.693 bits per heavy atom. The molecule has 0 radical (unpaired) electrons. The van der Waals surface area contributed by atoms with Crippen molar-refractivity contribution in [1.82, 2.24) is 19.9 Å². The lowest BCUT2D eigenvalue weighted by molar-refractivity contribution is 0.424. The summed E-state index contributed by atoms with van der Waals surface area (Å²) in [4.78, 5) is 17.2. The third kappa shape index (κ3) is 26.2. The van der Waals surface area contributed by atoms with Crippen LogP contribution in [-0.2, 0) is 0 Å². The second kappa shape index (κ2) is 39.0. The predicted octanol–water partition coefficient (Wildman–Crippen LogP) is 9.33. The second-order valence-electron chi connectivity index (χ2n) is 21.9. The molecule has 0 aromatic carbocycles. The number of hydrogen-bond acceptors (Lipinski definition) is 12. The van der Waals surface area contributed by atoms with E-state index in [9.17, 15) is 40.2 Å². The van der Waals surface area contributed by atoms with E-state index in [4.69, 9.17) is 0 Å². The summed E-state index contributed by atoms with van der Waals surface area (Å²) in [5.74, 6) is 1.49. The van der Waals surface area contributed by atoms with Crippen LogP contribution < -0.4 is 21.9 Å². The normalized spacial score (nSPS) is 13.1. The van der Waals surface area contributed by atoms with Crippen LogP contribution in [0.1, 0.15) is 272 Å². The lowest BCUT2D eigenvalue weighted by Gasteiger charge is -2.19. The molecule has 4 aromatic rings. The Morgan fingerprint density at radius 2 is 0.480 bits per heavy atom. The lowest BCUT2D eigenvalue weighted by Crippen LogP contribution is -2.30. The highest BCUT2D eigenvalue weighted by Gasteiger charge is 2.21. The van der Waals surface area contributed by atoms with Crippen LogP contribution in [0, 0.1) is 0 Å². The fraction of sp³-hybridized carbons (Fsp3) is 0.661. The first-order chi connectivity index (χ1) is 36.5. The van der Waals surface area contributed by atoms with Crippen molar-refractivity contribution in [3.63, 3.8) is 0 Å². The molecule has 4 rings (SSSR count). The highest BCUT2D eigenvalue weighted by atomic mass is 16.4. The molecule has 0 bridgehead atoms. The van der Waals surface area contributed by atoms with Crippen molar-refractivity contribution < 1.29 is 40.2 Å². The molecule has 0 spiro atoms. The van der Waals surface area contributed by atoms with Crippen LogP contribution in [0.4, 0.5) is 0 Å². The topological polar surface area (TPSA) is 213 Å². The molecule has 0 aliphatic heterocycles. The van der Waals surface area contributed by atoms with E-state index in [-0.39, 0.29) is 0 Å². The van der Waals surface area contributed by atoms with E-state index in [0.29, 0.717) is 45.5 Å². The number of aromatic nitrogens is 4. The predicted molar refractivity (Wildman–Crippen MR) is 311 cm³/mol. The standard InChI is InChI=1S/C59H96B4N4O8/c1-3-5-29-49(53-37-57(61(70)71)45-65-41-53)31-26-21-16-22-28-35-51(55-39-59(63(74)75)47-67-43-55)33-25-18-14-12-10-8-6-7-9-11-13-17-24-32-50(54-38-58(62(72)73)46-66-42-54)34-27-20-15-19-23-30-48(4-2)52-36-56(60(68)69)44-64-40-52/h36-51,68-75H,3-35H2,1-2H3. The van der Waals surface area contributed by atoms with Crippen LogP contribution in [0.2, 0.25) is 0 Å². The summed E-state index contributed by atoms with van der Waals surface area (Å²) in [5, 5.41) is 77.9. The van der Waals surface area contributed by atoms with Gasteiger partial charge in [0.05, 0.1) is 0 Å². The third-order valence-electron chi connectivity index (χ3n) is 15.9. The zero-order valence-corrected chi connectivity index (χ0v) is 46.2. The third-order valence-corrected chi connectivity index (χ3v) is 15.9. The smallest absolute Gasteiger partial charge is 0.423 e. The first-order valence-electron chi connectivity index (χ1n) is 29.7. The average Bonchev–Trinajstić information content (AvgIpc) is 3.42. The van der Waals surface area contributed by atoms with Gasteiger partial charge in [-0.25, -0.2) is 0 Å². The minimum absolute atomic E-state index is 0.367. The summed E-state index contributed by atoms with van der Waals surface area (Å²) >= 11 is 0. The van der Waals surface area contributed by atoms with Crippen LogP contribution in [0.15, 0.2) is 73.8 Å². The zero-order chi connectivity index (χ0) is 53.9. The molecule has 75 heavy (non-hydrogen) atoms. The van der Waals surface area contributed by atoms with E-state index in [1.165, 1.54) is 134 Å². The van der Waals surface area contributed by atoms with Crippen molar-refractivity contribution in [2.75, 3.05) is 0 Å². The van der Waals surface area contributed by atoms with Gasteiger partial charge in [0.25, 0.3) is 0 Å². The van der Waals surface area contributed by atoms with Gasteiger partial charge in [0, 0.05) is 71.4 Å². The summed E-state index contributed by atoms with van der Waals surface area (Å²) in [5.41, 5.74) is 6.25. The first-order valence-corrected chi connectivity index (χ1v) is 29.7. The number of hydrogen-bond donors (Lipinski definition) is 8. The molecule has 0 saturated carbocycles. The molecule has 0 amide bonds. The molecule has 4 atom stereocenters. The summed E-state index contributed by atoms with van der Waals surface area (Å²) in [6, 6.07) is 7.65. The van der Waals surface area contributed by atoms with Crippen molar-refractivity contribution in [2.45, 2.75) is 249 Å². The Hall–Kier alpha value is -3.46. The van der Waals surface area contributed by atoms with Gasteiger partial charge in [-0.15, -0.1) is 0 Å². The van der Waals surface area contributed by atoms with Crippen LogP contribution in [0.5, 0.6) is 0 Å². The summed E-state index contributed by atoms with van der Waals surface area (Å²) in [7, 11) is -6.01. The summed E-state index contributed by atoms with van der Waals surface area (Å²) in [6.07, 6.45) is 52.6. The fourth-order valence-electron chi connectivity index (χ4n) is 11.2. The van der Waals surface area contributed by atoms with E-state index in [2.05, 4.69) is 33.8 Å². The van der Waals surface area contributed by atoms with Gasteiger partial charge in [-0.3, -0.25) is 19.9 Å². The van der Waals surface area contributed by atoms with Crippen LogP contribution in [0.3, 0.4) is 0 Å². The number of nitrogens with zero attached hydrogens (tertiary/aromatic N) is 4. The fourth-order valence-corrected chi connectivity index (χ4v) is 11.2. The van der Waals surface area contributed by atoms with Gasteiger partial charge >= 0.3 is 28.5 Å². The maximum absolute atomic E-state index is 9.86. The minimum Gasteiger partial charge on any atom is -0.423 e. The SMILES string of the molecule is CCCCC(CCCCCCCC(CCCCCCCCCCCCCCCC(CCCCCCCC(CC)c1cncc(B(O)O)c1)c1cncc(B(O)O)c1)c1cncc(B(O)O)c1)c1cncc(B(O)O)c1. The van der Waals surface area contributed by atoms with E-state index in [1.807, 2.05) is 49.1 Å². The van der Waals surface area contributed by atoms with Gasteiger partial charge in [0.2, 0.25) is 0 Å². The number of rotatable bonds is 44. The second-order valence-corrected chi connectivity index (χ2v) is 21.9. The van der Waals surface area contributed by atoms with E-state index in [0.717, 1.165) is 112 Å². The van der Waals surface area contributed by atoms with Crippen molar-refractivity contribution >= 4 is 50.3 Å². The highest BCUT2D eigenvalue weighted by Crippen LogP contribution is 2.32. The monoisotopic (exact) mass is 1030 g/mol. The van der Waals surface area contributed by atoms with Crippen LogP contribution in [0.25, 0.3) is 0 Å². The molecule has 0 aliphatic carbocycles. The molecular weight excluding hydrogens is 936 g/mol. The van der Waals surface area contributed by atoms with Crippen molar-refractivity contribution in [2.24, 2.45) is 0 Å². The van der Waals surface area contributed by atoms with Gasteiger partial charge in [0.15, 0.2) is 0 Å². The van der Waals surface area contributed by atoms with Gasteiger partial charge in [0.1, 0.15) is 0 Å². The van der Waals surface area contributed by atoms with E-state index >= 15 is 0 Å². The maximum Gasteiger partial charge on any atom is 0.490 e. The largest absolute Gasteiger partial charge is 0.490 e. The highest BCUT2D eigenvalue weighted by molar-refractivity contribution is 6.59. The molecule has 0 saturated heterocycles. The Morgan fingerprint density at radius 1 is 0.280 bits per heavy atom. The van der Waals surface area contributed by atoms with Crippen LogP contribution in [-0.4, -0.2) is 88.6 Å². The minimum atomic E-state index is -1.51. The molecule has 412 valence electrons. The summed E-state index contributed by atoms with van der Waals surface area (Å²) in [6.45, 7) is 4.39. The molecule has 0 fully saturated rings. The Bertz CT molecular complexity index is 2070. The molecule has 4 aromatic heterocycles. The van der Waals surface area contributed by atoms with E-state index < -0.39 is 28.5 Å². The quantitative estimate of drug-likeness (QED) is 0.0154. The Labute approximate surface area is 454 Å². The molecule has 8 N–H and O–H groups in total. The van der Waals surface area contributed by atoms with E-state index in [1.54, 1.807) is 12.4 Å². The van der Waals surface area contributed by atoms with Crippen LogP contribution >= 0.6 is 0 Å². The number of unbranched alkanes of at least 4 members (excludes halogenated alkanes) is 21. The van der Waals surface area contributed by atoms with Gasteiger partial charge in [-0.05, 0) is 97.3 Å².